The molecule has 0 saturated heterocycles. The van der Waals surface area contributed by atoms with Gasteiger partial charge in [0, 0.05) is 28.5 Å². The predicted molar refractivity (Wildman–Crippen MR) is 108 cm³/mol. The minimum Gasteiger partial charge on any atom is -0.454 e. The van der Waals surface area contributed by atoms with Gasteiger partial charge >= 0.3 is 5.97 Å². The maximum atomic E-state index is 12.5. The van der Waals surface area contributed by atoms with Gasteiger partial charge in [0.15, 0.2) is 0 Å². The normalized spacial score (nSPS) is 12.7. The minimum absolute atomic E-state index is 0.0290. The van der Waals surface area contributed by atoms with Crippen molar-refractivity contribution in [3.63, 3.8) is 0 Å². The summed E-state index contributed by atoms with van der Waals surface area (Å²) in [5.74, 6) is -0.151. The van der Waals surface area contributed by atoms with Crippen molar-refractivity contribution in [2.75, 3.05) is 0 Å². The molecule has 2 aromatic rings. The molecule has 0 aliphatic carbocycles. The SMILES string of the molecule is Cc1cc(/C=C(\C#N)C(=O)O[C@@H](C)c2ccccc2Cl)c(C)n1CC(C)C. The Morgan fingerprint density at radius 2 is 1.96 bits per heavy atom. The van der Waals surface area contributed by atoms with Gasteiger partial charge in [-0.3, -0.25) is 0 Å². The van der Waals surface area contributed by atoms with Crippen LogP contribution in [0.4, 0.5) is 0 Å². The van der Waals surface area contributed by atoms with Crippen molar-refractivity contribution >= 4 is 23.6 Å². The Morgan fingerprint density at radius 1 is 1.30 bits per heavy atom. The van der Waals surface area contributed by atoms with Crippen molar-refractivity contribution in [1.29, 1.82) is 5.26 Å². The second-order valence-corrected chi connectivity index (χ2v) is 7.48. The van der Waals surface area contributed by atoms with Crippen molar-refractivity contribution in [3.05, 3.63) is 63.4 Å². The zero-order valence-corrected chi connectivity index (χ0v) is 17.2. The highest BCUT2D eigenvalue weighted by Gasteiger charge is 2.19. The van der Waals surface area contributed by atoms with E-state index in [1.807, 2.05) is 38.1 Å². The van der Waals surface area contributed by atoms with E-state index >= 15 is 0 Å². The highest BCUT2D eigenvalue weighted by Crippen LogP contribution is 2.26. The molecule has 0 aliphatic rings. The molecule has 0 fully saturated rings. The number of carbonyl (C=O) groups is 1. The van der Waals surface area contributed by atoms with Crippen LogP contribution < -0.4 is 0 Å². The van der Waals surface area contributed by atoms with Gasteiger partial charge in [-0.05, 0) is 50.5 Å². The van der Waals surface area contributed by atoms with E-state index in [9.17, 15) is 10.1 Å². The van der Waals surface area contributed by atoms with E-state index in [-0.39, 0.29) is 5.57 Å². The summed E-state index contributed by atoms with van der Waals surface area (Å²) in [7, 11) is 0. The van der Waals surface area contributed by atoms with Crippen molar-refractivity contribution in [2.45, 2.75) is 47.3 Å². The van der Waals surface area contributed by atoms with Crippen LogP contribution in [-0.2, 0) is 16.1 Å². The Morgan fingerprint density at radius 3 is 2.56 bits per heavy atom. The molecule has 2 rings (SSSR count). The van der Waals surface area contributed by atoms with Gasteiger partial charge in [0.05, 0.1) is 0 Å². The molecule has 0 saturated carbocycles. The molecule has 1 heterocycles. The number of ether oxygens (including phenoxy) is 1. The van der Waals surface area contributed by atoms with E-state index in [4.69, 9.17) is 16.3 Å². The highest BCUT2D eigenvalue weighted by molar-refractivity contribution is 6.31. The van der Waals surface area contributed by atoms with Crippen LogP contribution in [0.5, 0.6) is 0 Å². The number of hydrogen-bond acceptors (Lipinski definition) is 3. The lowest BCUT2D eigenvalue weighted by Gasteiger charge is -2.14. The summed E-state index contributed by atoms with van der Waals surface area (Å²) >= 11 is 6.15. The van der Waals surface area contributed by atoms with E-state index in [1.54, 1.807) is 25.1 Å². The smallest absolute Gasteiger partial charge is 0.349 e. The zero-order valence-electron chi connectivity index (χ0n) is 16.4. The Labute approximate surface area is 166 Å². The fourth-order valence-corrected chi connectivity index (χ4v) is 3.29. The molecule has 4 nitrogen and oxygen atoms in total. The molecule has 5 heteroatoms. The second kappa shape index (κ2) is 8.92. The lowest BCUT2D eigenvalue weighted by Crippen LogP contribution is -2.11. The Bertz CT molecular complexity index is 904. The number of nitrogens with zero attached hydrogens (tertiary/aromatic N) is 2. The van der Waals surface area contributed by atoms with Crippen LogP contribution >= 0.6 is 11.6 Å². The Balaban J connectivity index is 2.25. The molecular formula is C22H25ClN2O2. The van der Waals surface area contributed by atoms with Crippen molar-refractivity contribution < 1.29 is 9.53 Å². The summed E-state index contributed by atoms with van der Waals surface area (Å²) in [6.07, 6.45) is 1.05. The second-order valence-electron chi connectivity index (χ2n) is 7.07. The first kappa shape index (κ1) is 20.8. The van der Waals surface area contributed by atoms with Gasteiger partial charge in [-0.15, -0.1) is 0 Å². The maximum absolute atomic E-state index is 12.5. The fourth-order valence-electron chi connectivity index (χ4n) is 3.00. The number of nitriles is 1. The number of rotatable bonds is 6. The monoisotopic (exact) mass is 384 g/mol. The number of esters is 1. The lowest BCUT2D eigenvalue weighted by atomic mass is 10.1. The number of aromatic nitrogens is 1. The molecule has 1 atom stereocenters. The third-order valence-electron chi connectivity index (χ3n) is 4.43. The number of hydrogen-bond donors (Lipinski definition) is 0. The first-order valence-electron chi connectivity index (χ1n) is 8.98. The molecule has 0 spiro atoms. The van der Waals surface area contributed by atoms with Gasteiger partial charge < -0.3 is 9.30 Å². The van der Waals surface area contributed by atoms with E-state index in [1.165, 1.54) is 0 Å². The number of benzene rings is 1. The molecule has 142 valence electrons. The Hall–Kier alpha value is -2.51. The van der Waals surface area contributed by atoms with Gasteiger partial charge in [0.1, 0.15) is 17.7 Å². The van der Waals surface area contributed by atoms with Crippen LogP contribution in [0.3, 0.4) is 0 Å². The zero-order chi connectivity index (χ0) is 20.1. The van der Waals surface area contributed by atoms with Crippen molar-refractivity contribution in [1.82, 2.24) is 4.57 Å². The molecule has 0 unspecified atom stereocenters. The topological polar surface area (TPSA) is 55.0 Å². The standard InChI is InChI=1S/C22H25ClN2O2/c1-14(2)13-25-15(3)10-18(16(25)4)11-19(12-24)22(26)27-17(5)20-8-6-7-9-21(20)23/h6-11,14,17H,13H2,1-5H3/b19-11+/t17-/m0/s1. The van der Waals surface area contributed by atoms with E-state index in [2.05, 4.69) is 18.4 Å². The van der Waals surface area contributed by atoms with Gasteiger partial charge in [-0.25, -0.2) is 4.79 Å². The van der Waals surface area contributed by atoms with Gasteiger partial charge in [-0.2, -0.15) is 5.26 Å². The summed E-state index contributed by atoms with van der Waals surface area (Å²) in [5, 5.41) is 9.98. The Kier molecular flexibility index (Phi) is 6.87. The van der Waals surface area contributed by atoms with Gasteiger partial charge in [0.25, 0.3) is 0 Å². The number of aryl methyl sites for hydroxylation is 1. The summed E-state index contributed by atoms with van der Waals surface area (Å²) in [4.78, 5) is 12.5. The fraction of sp³-hybridized carbons (Fsp3) is 0.364. The van der Waals surface area contributed by atoms with Crippen molar-refractivity contribution in [2.24, 2.45) is 5.92 Å². The molecule has 0 radical (unpaired) electrons. The summed E-state index contributed by atoms with van der Waals surface area (Å²) < 4.78 is 7.66. The predicted octanol–water partition coefficient (Wildman–Crippen LogP) is 5.63. The van der Waals surface area contributed by atoms with Crippen LogP contribution in [0, 0.1) is 31.1 Å². The van der Waals surface area contributed by atoms with Crippen LogP contribution in [0.25, 0.3) is 6.08 Å². The maximum Gasteiger partial charge on any atom is 0.349 e. The average molecular weight is 385 g/mol. The number of carbonyl (C=O) groups excluding carboxylic acids is 1. The molecule has 0 aliphatic heterocycles. The average Bonchev–Trinajstić information content (AvgIpc) is 2.86. The molecular weight excluding hydrogens is 360 g/mol. The molecule has 1 aromatic heterocycles. The quantitative estimate of drug-likeness (QED) is 0.368. The largest absolute Gasteiger partial charge is 0.454 e. The third kappa shape index (κ3) is 5.02. The first-order chi connectivity index (χ1) is 12.7. The van der Waals surface area contributed by atoms with Crippen molar-refractivity contribution in [3.8, 4) is 6.07 Å². The molecule has 0 amide bonds. The molecule has 0 bridgehead atoms. The van der Waals surface area contributed by atoms with E-state index < -0.39 is 12.1 Å². The molecule has 1 aromatic carbocycles. The third-order valence-corrected chi connectivity index (χ3v) is 4.77. The summed E-state index contributed by atoms with van der Waals surface area (Å²) in [6, 6.07) is 11.1. The lowest BCUT2D eigenvalue weighted by molar-refractivity contribution is -0.143. The van der Waals surface area contributed by atoms with E-state index in [0.29, 0.717) is 16.5 Å². The summed E-state index contributed by atoms with van der Waals surface area (Å²) in [6.45, 7) is 11.0. The minimum atomic E-state index is -0.654. The summed E-state index contributed by atoms with van der Waals surface area (Å²) in [5.41, 5.74) is 3.66. The van der Waals surface area contributed by atoms with Crippen LogP contribution in [0.2, 0.25) is 5.02 Å². The van der Waals surface area contributed by atoms with Gasteiger partial charge in [-0.1, -0.05) is 43.6 Å². The van der Waals surface area contributed by atoms with Crippen LogP contribution in [0.15, 0.2) is 35.9 Å². The number of halogens is 1. The van der Waals surface area contributed by atoms with Crippen LogP contribution in [0.1, 0.15) is 49.4 Å². The highest BCUT2D eigenvalue weighted by atomic mass is 35.5. The molecule has 27 heavy (non-hydrogen) atoms. The molecule has 0 N–H and O–H groups in total. The van der Waals surface area contributed by atoms with E-state index in [0.717, 1.165) is 23.5 Å². The first-order valence-corrected chi connectivity index (χ1v) is 9.36. The van der Waals surface area contributed by atoms with Crippen LogP contribution in [-0.4, -0.2) is 10.5 Å². The van der Waals surface area contributed by atoms with Gasteiger partial charge in [0.2, 0.25) is 0 Å².